The smallest absolute Gasteiger partial charge is 0.194 e. The largest absolute Gasteiger partial charge is 0.399 e. The maximum Gasteiger partial charge on any atom is 0.194 e. The molecule has 0 bridgehead atoms. The van der Waals surface area contributed by atoms with Gasteiger partial charge in [0.25, 0.3) is 0 Å². The van der Waals surface area contributed by atoms with Crippen molar-refractivity contribution in [3.05, 3.63) is 42.0 Å². The zero-order valence-corrected chi connectivity index (χ0v) is 8.74. The number of benzene rings is 1. The molecule has 2 heterocycles. The lowest BCUT2D eigenvalue weighted by Gasteiger charge is -1.99. The second kappa shape index (κ2) is 3.10. The summed E-state index contributed by atoms with van der Waals surface area (Å²) in [6.07, 6.45) is 3.91. The number of nitrogen functional groups attached to an aromatic ring is 1. The number of fused-ring (bicyclic) bond motifs is 1. The number of thiazole rings is 1. The van der Waals surface area contributed by atoms with Crippen LogP contribution in [0.15, 0.2) is 42.0 Å². The van der Waals surface area contributed by atoms with Gasteiger partial charge in [0.2, 0.25) is 0 Å². The van der Waals surface area contributed by atoms with Crippen LogP contribution in [0.5, 0.6) is 0 Å². The quantitative estimate of drug-likeness (QED) is 0.634. The Morgan fingerprint density at radius 1 is 1.20 bits per heavy atom. The first kappa shape index (κ1) is 8.49. The molecular weight excluding hydrogens is 206 g/mol. The molecule has 0 unspecified atom stereocenters. The predicted octanol–water partition coefficient (Wildman–Crippen LogP) is 2.65. The average Bonchev–Trinajstić information content (AvgIpc) is 2.80. The van der Waals surface area contributed by atoms with Crippen molar-refractivity contribution >= 4 is 22.0 Å². The summed E-state index contributed by atoms with van der Waals surface area (Å²) in [5.74, 6) is 0. The number of imidazole rings is 1. The number of hydrogen-bond acceptors (Lipinski definition) is 3. The van der Waals surface area contributed by atoms with E-state index >= 15 is 0 Å². The summed E-state index contributed by atoms with van der Waals surface area (Å²) < 4.78 is 2.08. The molecule has 1 aromatic carbocycles. The van der Waals surface area contributed by atoms with Gasteiger partial charge in [0, 0.05) is 22.8 Å². The van der Waals surface area contributed by atoms with Crippen LogP contribution in [0, 0.1) is 0 Å². The third kappa shape index (κ3) is 1.30. The fourth-order valence-corrected chi connectivity index (χ4v) is 2.29. The van der Waals surface area contributed by atoms with Gasteiger partial charge in [-0.05, 0) is 12.1 Å². The second-order valence-corrected chi connectivity index (χ2v) is 4.19. The zero-order valence-electron chi connectivity index (χ0n) is 7.92. The Kier molecular flexibility index (Phi) is 1.76. The molecule has 0 fully saturated rings. The van der Waals surface area contributed by atoms with Crippen LogP contribution in [0.25, 0.3) is 16.2 Å². The minimum atomic E-state index is 0.782. The Labute approximate surface area is 90.8 Å². The number of hydrogen-bond donors (Lipinski definition) is 1. The van der Waals surface area contributed by atoms with Crippen LogP contribution in [0.4, 0.5) is 5.69 Å². The molecule has 0 radical (unpaired) electrons. The Morgan fingerprint density at radius 3 is 2.80 bits per heavy atom. The number of aromatic nitrogens is 2. The van der Waals surface area contributed by atoms with Gasteiger partial charge in [-0.15, -0.1) is 11.3 Å². The number of nitrogens with two attached hydrogens (primary N) is 1. The molecule has 3 rings (SSSR count). The Morgan fingerprint density at radius 2 is 2.00 bits per heavy atom. The molecule has 0 spiro atoms. The molecule has 0 aliphatic heterocycles. The lowest BCUT2D eigenvalue weighted by molar-refractivity contribution is 1.24. The van der Waals surface area contributed by atoms with Crippen molar-refractivity contribution in [1.29, 1.82) is 0 Å². The molecule has 15 heavy (non-hydrogen) atoms. The van der Waals surface area contributed by atoms with Crippen molar-refractivity contribution in [2.24, 2.45) is 0 Å². The first-order valence-corrected chi connectivity index (χ1v) is 5.49. The second-order valence-electron chi connectivity index (χ2n) is 3.32. The van der Waals surface area contributed by atoms with Crippen molar-refractivity contribution in [3.63, 3.8) is 0 Å². The molecule has 0 atom stereocenters. The van der Waals surface area contributed by atoms with Gasteiger partial charge in [-0.1, -0.05) is 12.1 Å². The van der Waals surface area contributed by atoms with E-state index in [4.69, 9.17) is 5.73 Å². The van der Waals surface area contributed by atoms with E-state index in [-0.39, 0.29) is 0 Å². The highest BCUT2D eigenvalue weighted by atomic mass is 32.1. The molecule has 3 aromatic rings. The van der Waals surface area contributed by atoms with Crippen LogP contribution < -0.4 is 5.73 Å². The Balaban J connectivity index is 2.21. The molecule has 0 saturated carbocycles. The monoisotopic (exact) mass is 215 g/mol. The molecule has 2 aromatic heterocycles. The van der Waals surface area contributed by atoms with E-state index in [1.54, 1.807) is 11.3 Å². The topological polar surface area (TPSA) is 43.3 Å². The van der Waals surface area contributed by atoms with Crippen molar-refractivity contribution < 1.29 is 0 Å². The maximum atomic E-state index is 5.65. The summed E-state index contributed by atoms with van der Waals surface area (Å²) in [4.78, 5) is 5.34. The minimum Gasteiger partial charge on any atom is -0.399 e. The summed E-state index contributed by atoms with van der Waals surface area (Å²) in [5, 5.41) is 2.03. The number of rotatable bonds is 1. The van der Waals surface area contributed by atoms with E-state index in [9.17, 15) is 0 Å². The normalized spacial score (nSPS) is 10.9. The van der Waals surface area contributed by atoms with Gasteiger partial charge in [0.05, 0.1) is 11.9 Å². The SMILES string of the molecule is Nc1ccc(-c2cnc3sccn23)cc1. The van der Waals surface area contributed by atoms with E-state index in [1.165, 1.54) is 0 Å². The van der Waals surface area contributed by atoms with Gasteiger partial charge < -0.3 is 5.73 Å². The van der Waals surface area contributed by atoms with Crippen LogP contribution >= 0.6 is 11.3 Å². The molecule has 0 aliphatic carbocycles. The highest BCUT2D eigenvalue weighted by Crippen LogP contribution is 2.23. The lowest BCUT2D eigenvalue weighted by atomic mass is 10.1. The molecule has 3 nitrogen and oxygen atoms in total. The van der Waals surface area contributed by atoms with Crippen LogP contribution in [0.3, 0.4) is 0 Å². The minimum absolute atomic E-state index is 0.782. The Hall–Kier alpha value is -1.81. The number of nitrogens with zero attached hydrogens (tertiary/aromatic N) is 2. The summed E-state index contributed by atoms with van der Waals surface area (Å²) >= 11 is 1.63. The molecule has 74 valence electrons. The fraction of sp³-hybridized carbons (Fsp3) is 0. The molecule has 4 heteroatoms. The van der Waals surface area contributed by atoms with Crippen LogP contribution in [-0.2, 0) is 0 Å². The zero-order chi connectivity index (χ0) is 10.3. The van der Waals surface area contributed by atoms with Gasteiger partial charge in [0.15, 0.2) is 4.96 Å². The summed E-state index contributed by atoms with van der Waals surface area (Å²) in [7, 11) is 0. The third-order valence-corrected chi connectivity index (χ3v) is 3.12. The lowest BCUT2D eigenvalue weighted by Crippen LogP contribution is -1.86. The number of anilines is 1. The van der Waals surface area contributed by atoms with Crippen molar-refractivity contribution in [2.45, 2.75) is 0 Å². The molecule has 0 saturated heterocycles. The average molecular weight is 215 g/mol. The van der Waals surface area contributed by atoms with E-state index in [0.29, 0.717) is 0 Å². The maximum absolute atomic E-state index is 5.65. The van der Waals surface area contributed by atoms with Gasteiger partial charge in [-0.2, -0.15) is 0 Å². The first-order valence-electron chi connectivity index (χ1n) is 4.61. The van der Waals surface area contributed by atoms with Crippen LogP contribution in [-0.4, -0.2) is 9.38 Å². The van der Waals surface area contributed by atoms with Gasteiger partial charge in [-0.25, -0.2) is 4.98 Å². The molecule has 2 N–H and O–H groups in total. The van der Waals surface area contributed by atoms with Crippen molar-refractivity contribution in [1.82, 2.24) is 9.38 Å². The summed E-state index contributed by atoms with van der Waals surface area (Å²) in [5.41, 5.74) is 8.67. The predicted molar refractivity (Wildman–Crippen MR) is 62.9 cm³/mol. The van der Waals surface area contributed by atoms with Crippen molar-refractivity contribution in [2.75, 3.05) is 5.73 Å². The summed E-state index contributed by atoms with van der Waals surface area (Å²) in [6.45, 7) is 0. The fourth-order valence-electron chi connectivity index (χ4n) is 1.59. The van der Waals surface area contributed by atoms with Crippen molar-refractivity contribution in [3.8, 4) is 11.3 Å². The van der Waals surface area contributed by atoms with Crippen LogP contribution in [0.1, 0.15) is 0 Å². The van der Waals surface area contributed by atoms with E-state index in [1.807, 2.05) is 42.0 Å². The molecule has 0 amide bonds. The standard InChI is InChI=1S/C11H9N3S/c12-9-3-1-8(2-4-9)10-7-13-11-14(10)5-6-15-11/h1-7H,12H2. The third-order valence-electron chi connectivity index (χ3n) is 2.35. The van der Waals surface area contributed by atoms with Gasteiger partial charge in [-0.3, -0.25) is 4.40 Å². The highest BCUT2D eigenvalue weighted by Gasteiger charge is 2.05. The highest BCUT2D eigenvalue weighted by molar-refractivity contribution is 7.15. The van der Waals surface area contributed by atoms with Gasteiger partial charge >= 0.3 is 0 Å². The Bertz CT molecular complexity index is 592. The molecular formula is C11H9N3S. The van der Waals surface area contributed by atoms with E-state index in [0.717, 1.165) is 21.9 Å². The molecule has 0 aliphatic rings. The van der Waals surface area contributed by atoms with E-state index < -0.39 is 0 Å². The first-order chi connectivity index (χ1) is 7.34. The summed E-state index contributed by atoms with van der Waals surface area (Å²) in [6, 6.07) is 7.83. The van der Waals surface area contributed by atoms with Crippen LogP contribution in [0.2, 0.25) is 0 Å². The van der Waals surface area contributed by atoms with E-state index in [2.05, 4.69) is 9.38 Å². The van der Waals surface area contributed by atoms with Gasteiger partial charge in [0.1, 0.15) is 0 Å².